The van der Waals surface area contributed by atoms with Gasteiger partial charge in [0.2, 0.25) is 5.89 Å². The molecule has 0 unspecified atom stereocenters. The van der Waals surface area contributed by atoms with E-state index in [1.165, 1.54) is 23.8 Å². The van der Waals surface area contributed by atoms with Crippen LogP contribution < -0.4 is 0 Å². The Bertz CT molecular complexity index is 1500. The molecule has 0 spiro atoms. The van der Waals surface area contributed by atoms with E-state index >= 15 is 0 Å². The van der Waals surface area contributed by atoms with Gasteiger partial charge in [0.1, 0.15) is 5.69 Å². The predicted octanol–water partition coefficient (Wildman–Crippen LogP) is 5.69. The van der Waals surface area contributed by atoms with Gasteiger partial charge in [0, 0.05) is 34.8 Å². The van der Waals surface area contributed by atoms with E-state index < -0.39 is 12.3 Å². The van der Waals surface area contributed by atoms with Crippen LogP contribution in [0, 0.1) is 5.92 Å². The molecular weight excluding hydrogens is 476 g/mol. The van der Waals surface area contributed by atoms with E-state index in [2.05, 4.69) is 61.7 Å². The molecule has 0 bridgehead atoms. The Morgan fingerprint density at radius 1 is 1.00 bits per heavy atom. The summed E-state index contributed by atoms with van der Waals surface area (Å²) in [6.07, 6.45) is 3.79. The number of hydrogen-bond donors (Lipinski definition) is 1. The number of aromatic amines is 1. The molecule has 0 atom stereocenters. The van der Waals surface area contributed by atoms with Crippen LogP contribution >= 0.6 is 0 Å². The number of likely N-dealkylation sites (tertiary alicyclic amines) is 1. The van der Waals surface area contributed by atoms with Gasteiger partial charge < -0.3 is 9.40 Å². The summed E-state index contributed by atoms with van der Waals surface area (Å²) >= 11 is 0. The number of halogens is 2. The number of hydrogen-bond acceptors (Lipinski definition) is 6. The molecule has 0 amide bonds. The number of alkyl halides is 2. The smallest absolute Gasteiger partial charge is 0.314 e. The first-order valence-electron chi connectivity index (χ1n) is 12.5. The van der Waals surface area contributed by atoms with Gasteiger partial charge >= 0.3 is 6.43 Å². The van der Waals surface area contributed by atoms with Crippen LogP contribution in [-0.4, -0.2) is 48.2 Å². The maximum Gasteiger partial charge on any atom is 0.314 e. The third-order valence-corrected chi connectivity index (χ3v) is 7.04. The Morgan fingerprint density at radius 2 is 1.78 bits per heavy atom. The number of nitrogens with one attached hydrogen (secondary N) is 1. The van der Waals surface area contributed by atoms with E-state index in [-0.39, 0.29) is 5.89 Å². The van der Waals surface area contributed by atoms with Crippen LogP contribution in [0.1, 0.15) is 43.2 Å². The van der Waals surface area contributed by atoms with Crippen molar-refractivity contribution in [3.8, 4) is 22.7 Å². The monoisotopic (exact) mass is 503 g/mol. The van der Waals surface area contributed by atoms with Crippen molar-refractivity contribution < 1.29 is 13.2 Å². The van der Waals surface area contributed by atoms with Crippen LogP contribution in [0.4, 0.5) is 8.78 Å². The SMILES string of the molecule is CC1CCN(Cc2c[nH]c3cc(-c4cn(Cc5ccc(-c6nnc(C(F)F)o6)cc5)nn4)ccc23)CC1. The lowest BCUT2D eigenvalue weighted by atomic mass is 9.99. The quantitative estimate of drug-likeness (QED) is 0.307. The molecule has 10 heteroatoms. The lowest BCUT2D eigenvalue weighted by Crippen LogP contribution is -2.32. The molecule has 4 heterocycles. The van der Waals surface area contributed by atoms with E-state index in [0.29, 0.717) is 12.1 Å². The number of H-pyrrole nitrogens is 1. The Morgan fingerprint density at radius 3 is 2.54 bits per heavy atom. The number of nitrogens with zero attached hydrogens (tertiary/aromatic N) is 6. The van der Waals surface area contributed by atoms with Crippen molar-refractivity contribution in [2.24, 2.45) is 5.92 Å². The van der Waals surface area contributed by atoms with Crippen molar-refractivity contribution in [1.82, 2.24) is 35.1 Å². The molecule has 190 valence electrons. The zero-order valence-electron chi connectivity index (χ0n) is 20.4. The molecule has 37 heavy (non-hydrogen) atoms. The maximum absolute atomic E-state index is 12.7. The van der Waals surface area contributed by atoms with Gasteiger partial charge in [-0.3, -0.25) is 4.90 Å². The predicted molar refractivity (Wildman–Crippen MR) is 135 cm³/mol. The van der Waals surface area contributed by atoms with Crippen LogP contribution in [0.5, 0.6) is 0 Å². The molecule has 8 nitrogen and oxygen atoms in total. The summed E-state index contributed by atoms with van der Waals surface area (Å²) in [4.78, 5) is 5.97. The molecule has 6 rings (SSSR count). The lowest BCUT2D eigenvalue weighted by Gasteiger charge is -2.29. The van der Waals surface area contributed by atoms with Crippen LogP contribution in [0.2, 0.25) is 0 Å². The largest absolute Gasteiger partial charge is 0.415 e. The first kappa shape index (κ1) is 23.5. The van der Waals surface area contributed by atoms with Crippen molar-refractivity contribution in [3.63, 3.8) is 0 Å². The van der Waals surface area contributed by atoms with Crippen LogP contribution in [0.25, 0.3) is 33.6 Å². The third kappa shape index (κ3) is 5.01. The zero-order valence-corrected chi connectivity index (χ0v) is 20.4. The van der Waals surface area contributed by atoms with Crippen molar-refractivity contribution in [2.45, 2.75) is 39.3 Å². The molecular formula is C27H27F2N7O. The first-order chi connectivity index (χ1) is 18.0. The summed E-state index contributed by atoms with van der Waals surface area (Å²) in [6.45, 7) is 6.15. The number of fused-ring (bicyclic) bond motifs is 1. The van der Waals surface area contributed by atoms with Crippen LogP contribution in [0.15, 0.2) is 59.3 Å². The number of piperidine rings is 1. The van der Waals surface area contributed by atoms with E-state index in [4.69, 9.17) is 4.42 Å². The zero-order chi connectivity index (χ0) is 25.4. The minimum atomic E-state index is -2.79. The maximum atomic E-state index is 12.7. The van der Waals surface area contributed by atoms with Gasteiger partial charge in [0.15, 0.2) is 0 Å². The van der Waals surface area contributed by atoms with E-state index in [1.54, 1.807) is 16.8 Å². The second kappa shape index (κ2) is 9.85. The Hall–Kier alpha value is -3.92. The molecule has 1 aliphatic heterocycles. The molecule has 0 aliphatic carbocycles. The molecule has 0 saturated carbocycles. The van der Waals surface area contributed by atoms with Crippen LogP contribution in [0.3, 0.4) is 0 Å². The molecule has 1 fully saturated rings. The summed E-state index contributed by atoms with van der Waals surface area (Å²) in [5.74, 6) is 0.215. The summed E-state index contributed by atoms with van der Waals surface area (Å²) in [6, 6.07) is 13.7. The normalized spacial score (nSPS) is 15.2. The average Bonchev–Trinajstić information content (AvgIpc) is 3.66. The van der Waals surface area contributed by atoms with Gasteiger partial charge in [-0.25, -0.2) is 4.68 Å². The second-order valence-electron chi connectivity index (χ2n) is 9.78. The molecule has 1 N–H and O–H groups in total. The highest BCUT2D eigenvalue weighted by Crippen LogP contribution is 2.27. The Labute approximate surface area is 212 Å². The Kier molecular flexibility index (Phi) is 6.25. The average molecular weight is 504 g/mol. The topological polar surface area (TPSA) is 88.7 Å². The van der Waals surface area contributed by atoms with Crippen molar-refractivity contribution in [3.05, 3.63) is 71.9 Å². The fourth-order valence-electron chi connectivity index (χ4n) is 4.82. The molecule has 3 aromatic heterocycles. The van der Waals surface area contributed by atoms with Gasteiger partial charge in [0.25, 0.3) is 5.89 Å². The van der Waals surface area contributed by atoms with E-state index in [1.807, 2.05) is 18.3 Å². The van der Waals surface area contributed by atoms with E-state index in [9.17, 15) is 8.78 Å². The first-order valence-corrected chi connectivity index (χ1v) is 12.5. The van der Waals surface area contributed by atoms with Gasteiger partial charge in [-0.15, -0.1) is 15.3 Å². The number of aromatic nitrogens is 6. The van der Waals surface area contributed by atoms with E-state index in [0.717, 1.165) is 47.9 Å². The minimum Gasteiger partial charge on any atom is -0.415 e. The number of benzene rings is 2. The van der Waals surface area contributed by atoms with Gasteiger partial charge in [-0.2, -0.15) is 8.78 Å². The second-order valence-corrected chi connectivity index (χ2v) is 9.78. The van der Waals surface area contributed by atoms with Crippen molar-refractivity contribution >= 4 is 10.9 Å². The standard InChI is InChI=1S/C27H27F2N7O/c1-17-8-10-35(11-9-17)15-21-13-30-23-12-20(6-7-22(21)23)24-16-36(34-31-24)14-18-2-4-19(5-3-18)26-32-33-27(37-26)25(28)29/h2-7,12-13,16-17,25,30H,8-11,14-15H2,1H3. The fourth-order valence-corrected chi connectivity index (χ4v) is 4.82. The van der Waals surface area contributed by atoms with Gasteiger partial charge in [-0.1, -0.05) is 36.4 Å². The minimum absolute atomic E-state index is 0.0679. The molecule has 0 radical (unpaired) electrons. The summed E-state index contributed by atoms with van der Waals surface area (Å²) < 4.78 is 32.2. The van der Waals surface area contributed by atoms with Crippen molar-refractivity contribution in [1.29, 1.82) is 0 Å². The van der Waals surface area contributed by atoms with Gasteiger partial charge in [0.05, 0.1) is 12.7 Å². The summed E-state index contributed by atoms with van der Waals surface area (Å²) in [5, 5.41) is 17.0. The van der Waals surface area contributed by atoms with Gasteiger partial charge in [-0.05, 0) is 61.2 Å². The fraction of sp³-hybridized carbons (Fsp3) is 0.333. The third-order valence-electron chi connectivity index (χ3n) is 7.04. The Balaban J connectivity index is 1.13. The molecule has 1 aliphatic rings. The highest BCUT2D eigenvalue weighted by molar-refractivity contribution is 5.87. The lowest BCUT2D eigenvalue weighted by molar-refractivity contribution is 0.116. The van der Waals surface area contributed by atoms with Crippen molar-refractivity contribution in [2.75, 3.05) is 13.1 Å². The summed E-state index contributed by atoms with van der Waals surface area (Å²) in [7, 11) is 0. The highest BCUT2D eigenvalue weighted by Gasteiger charge is 2.18. The molecule has 2 aromatic carbocycles. The molecule has 5 aromatic rings. The molecule has 1 saturated heterocycles. The number of rotatable bonds is 7. The highest BCUT2D eigenvalue weighted by atomic mass is 19.3. The summed E-state index contributed by atoms with van der Waals surface area (Å²) in [5.41, 5.74) is 5.78. The van der Waals surface area contributed by atoms with Crippen LogP contribution in [-0.2, 0) is 13.1 Å².